The number of aromatic amines is 2. The average Bonchev–Trinajstić information content (AvgIpc) is 2.90. The molecule has 2 aromatic heterocycles. The van der Waals surface area contributed by atoms with Crippen LogP contribution in [0.15, 0.2) is 21.2 Å². The highest BCUT2D eigenvalue weighted by atomic mass is 32.1. The van der Waals surface area contributed by atoms with Gasteiger partial charge in [-0.25, -0.2) is 4.79 Å². The van der Waals surface area contributed by atoms with E-state index in [9.17, 15) is 14.4 Å². The van der Waals surface area contributed by atoms with Gasteiger partial charge in [0.25, 0.3) is 11.5 Å². The fourth-order valence-electron chi connectivity index (χ4n) is 1.84. The van der Waals surface area contributed by atoms with E-state index < -0.39 is 11.2 Å². The van der Waals surface area contributed by atoms with Gasteiger partial charge in [0.15, 0.2) is 11.5 Å². The molecule has 0 spiro atoms. The molecule has 8 nitrogen and oxygen atoms in total. The molecule has 3 heterocycles. The number of carbonyl (C=O) groups excluding carboxylic acids is 1. The Morgan fingerprint density at radius 2 is 2.14 bits per heavy atom. The van der Waals surface area contributed by atoms with E-state index in [1.807, 2.05) is 0 Å². The van der Waals surface area contributed by atoms with Gasteiger partial charge >= 0.3 is 5.69 Å². The Labute approximate surface area is 121 Å². The molecular formula is C12H11N3O5S. The first kappa shape index (κ1) is 13.4. The quantitative estimate of drug-likeness (QED) is 0.728. The lowest BCUT2D eigenvalue weighted by Crippen LogP contribution is -2.30. The van der Waals surface area contributed by atoms with Crippen LogP contribution in [-0.4, -0.2) is 29.1 Å². The highest BCUT2D eigenvalue weighted by Crippen LogP contribution is 2.39. The summed E-state index contributed by atoms with van der Waals surface area (Å²) < 4.78 is 10.8. The molecule has 0 atom stereocenters. The highest BCUT2D eigenvalue weighted by molar-refractivity contribution is 7.12. The Kier molecular flexibility index (Phi) is 3.48. The predicted molar refractivity (Wildman–Crippen MR) is 74.2 cm³/mol. The third-order valence-electron chi connectivity index (χ3n) is 2.84. The van der Waals surface area contributed by atoms with Crippen LogP contribution < -0.4 is 26.0 Å². The molecule has 0 saturated carbocycles. The Hall–Kier alpha value is -2.55. The lowest BCUT2D eigenvalue weighted by molar-refractivity contribution is 0.0945. The first-order valence-electron chi connectivity index (χ1n) is 6.11. The molecule has 1 amide bonds. The van der Waals surface area contributed by atoms with Crippen LogP contribution in [0.3, 0.4) is 0 Å². The minimum Gasteiger partial charge on any atom is -0.485 e. The largest absolute Gasteiger partial charge is 0.485 e. The molecule has 2 aromatic rings. The Morgan fingerprint density at radius 1 is 1.33 bits per heavy atom. The normalized spacial score (nSPS) is 13.0. The zero-order chi connectivity index (χ0) is 14.8. The van der Waals surface area contributed by atoms with Crippen molar-refractivity contribution >= 4 is 17.2 Å². The molecule has 0 radical (unpaired) electrons. The SMILES string of the molecule is O=C(NCc1c[nH]c(=O)[nH]c1=O)c1scc2c1OCCO2. The van der Waals surface area contributed by atoms with E-state index >= 15 is 0 Å². The third-order valence-corrected chi connectivity index (χ3v) is 3.78. The molecule has 0 bridgehead atoms. The van der Waals surface area contributed by atoms with Crippen molar-refractivity contribution in [3.63, 3.8) is 0 Å². The zero-order valence-electron chi connectivity index (χ0n) is 10.7. The van der Waals surface area contributed by atoms with E-state index in [4.69, 9.17) is 9.47 Å². The first-order valence-corrected chi connectivity index (χ1v) is 6.99. The number of amides is 1. The standard InChI is InChI=1S/C12H11N3O5S/c16-10-6(4-14-12(18)15-10)3-13-11(17)9-8-7(5-21-9)19-1-2-20-8/h4-5H,1-3H2,(H,13,17)(H2,14,15,16,18). The summed E-state index contributed by atoms with van der Waals surface area (Å²) in [5.74, 6) is 0.620. The van der Waals surface area contributed by atoms with Gasteiger partial charge in [-0.15, -0.1) is 11.3 Å². The molecule has 110 valence electrons. The topological polar surface area (TPSA) is 113 Å². The van der Waals surface area contributed by atoms with E-state index in [0.717, 1.165) is 0 Å². The van der Waals surface area contributed by atoms with Crippen LogP contribution in [0.4, 0.5) is 0 Å². The zero-order valence-corrected chi connectivity index (χ0v) is 11.5. The van der Waals surface area contributed by atoms with E-state index in [1.54, 1.807) is 5.38 Å². The van der Waals surface area contributed by atoms with Crippen molar-refractivity contribution in [3.8, 4) is 11.5 Å². The molecule has 0 unspecified atom stereocenters. The van der Waals surface area contributed by atoms with Gasteiger partial charge in [0.2, 0.25) is 0 Å². The first-order chi connectivity index (χ1) is 10.1. The molecule has 21 heavy (non-hydrogen) atoms. The summed E-state index contributed by atoms with van der Waals surface area (Å²) in [6.07, 6.45) is 1.27. The van der Waals surface area contributed by atoms with Gasteiger partial charge in [0.1, 0.15) is 18.1 Å². The Balaban J connectivity index is 1.73. The number of H-pyrrole nitrogens is 2. The van der Waals surface area contributed by atoms with Crippen LogP contribution in [0.2, 0.25) is 0 Å². The molecule has 0 aliphatic carbocycles. The van der Waals surface area contributed by atoms with Gasteiger partial charge in [-0.05, 0) is 0 Å². The van der Waals surface area contributed by atoms with Crippen molar-refractivity contribution in [2.75, 3.05) is 13.2 Å². The molecule has 9 heteroatoms. The van der Waals surface area contributed by atoms with Crippen molar-refractivity contribution in [1.82, 2.24) is 15.3 Å². The number of fused-ring (bicyclic) bond motifs is 1. The maximum atomic E-state index is 12.1. The molecule has 1 aliphatic heterocycles. The molecule has 1 aliphatic rings. The van der Waals surface area contributed by atoms with Gasteiger partial charge in [0.05, 0.1) is 12.1 Å². The molecule has 0 saturated heterocycles. The summed E-state index contributed by atoms with van der Waals surface area (Å²) in [6, 6.07) is 0. The smallest absolute Gasteiger partial charge is 0.325 e. The van der Waals surface area contributed by atoms with E-state index in [-0.39, 0.29) is 18.0 Å². The summed E-state index contributed by atoms with van der Waals surface area (Å²) >= 11 is 1.21. The lowest BCUT2D eigenvalue weighted by atomic mass is 10.3. The number of carbonyl (C=O) groups is 1. The maximum Gasteiger partial charge on any atom is 0.325 e. The number of hydrogen-bond donors (Lipinski definition) is 3. The fraction of sp³-hybridized carbons (Fsp3) is 0.250. The van der Waals surface area contributed by atoms with Crippen LogP contribution in [0, 0.1) is 0 Å². The van der Waals surface area contributed by atoms with Gasteiger partial charge < -0.3 is 19.8 Å². The van der Waals surface area contributed by atoms with Crippen molar-refractivity contribution in [3.05, 3.63) is 42.9 Å². The molecule has 0 aromatic carbocycles. The van der Waals surface area contributed by atoms with Gasteiger partial charge in [-0.3, -0.25) is 14.6 Å². The summed E-state index contributed by atoms with van der Waals surface area (Å²) in [6.45, 7) is 0.847. The Bertz CT molecular complexity index is 791. The highest BCUT2D eigenvalue weighted by Gasteiger charge is 2.23. The second kappa shape index (κ2) is 5.44. The number of thiophene rings is 1. The number of hydrogen-bond acceptors (Lipinski definition) is 6. The summed E-state index contributed by atoms with van der Waals surface area (Å²) in [7, 11) is 0. The second-order valence-corrected chi connectivity index (χ2v) is 5.11. The van der Waals surface area contributed by atoms with Gasteiger partial charge in [-0.1, -0.05) is 0 Å². The van der Waals surface area contributed by atoms with Crippen molar-refractivity contribution in [1.29, 1.82) is 0 Å². The van der Waals surface area contributed by atoms with Crippen LogP contribution in [0.25, 0.3) is 0 Å². The lowest BCUT2D eigenvalue weighted by Gasteiger charge is -2.15. The number of ether oxygens (including phenoxy) is 2. The average molecular weight is 309 g/mol. The van der Waals surface area contributed by atoms with Crippen LogP contribution in [-0.2, 0) is 6.54 Å². The number of aromatic nitrogens is 2. The number of rotatable bonds is 3. The van der Waals surface area contributed by atoms with Crippen LogP contribution in [0.1, 0.15) is 15.2 Å². The van der Waals surface area contributed by atoms with E-state index in [1.165, 1.54) is 17.5 Å². The fourth-order valence-corrected chi connectivity index (χ4v) is 2.69. The minimum absolute atomic E-state index is 0.00151. The van der Waals surface area contributed by atoms with E-state index in [0.29, 0.717) is 29.6 Å². The van der Waals surface area contributed by atoms with Crippen LogP contribution >= 0.6 is 11.3 Å². The Morgan fingerprint density at radius 3 is 2.95 bits per heavy atom. The monoisotopic (exact) mass is 309 g/mol. The van der Waals surface area contributed by atoms with Crippen LogP contribution in [0.5, 0.6) is 11.5 Å². The summed E-state index contributed by atoms with van der Waals surface area (Å²) in [5, 5.41) is 4.31. The van der Waals surface area contributed by atoms with Gasteiger partial charge in [0, 0.05) is 11.6 Å². The van der Waals surface area contributed by atoms with E-state index in [2.05, 4.69) is 15.3 Å². The third kappa shape index (κ3) is 2.68. The minimum atomic E-state index is -0.590. The van der Waals surface area contributed by atoms with Crippen molar-refractivity contribution in [2.24, 2.45) is 0 Å². The van der Waals surface area contributed by atoms with Gasteiger partial charge in [-0.2, -0.15) is 0 Å². The van der Waals surface area contributed by atoms with Crippen molar-refractivity contribution < 1.29 is 14.3 Å². The summed E-state index contributed by atoms with van der Waals surface area (Å²) in [4.78, 5) is 39.3. The predicted octanol–water partition coefficient (Wildman–Crippen LogP) is -0.174. The molecular weight excluding hydrogens is 298 g/mol. The summed E-state index contributed by atoms with van der Waals surface area (Å²) in [5.41, 5.74) is -0.870. The number of nitrogens with one attached hydrogen (secondary N) is 3. The second-order valence-electron chi connectivity index (χ2n) is 4.23. The molecule has 3 rings (SSSR count). The van der Waals surface area contributed by atoms with Crippen molar-refractivity contribution in [2.45, 2.75) is 6.54 Å². The maximum absolute atomic E-state index is 12.1. The molecule has 0 fully saturated rings. The molecule has 3 N–H and O–H groups in total.